The molecular weight excluding hydrogens is 164 g/mol. The molecule has 0 radical (unpaired) electrons. The Labute approximate surface area is 79.9 Å². The number of nitrogens with one attached hydrogen (secondary N) is 1. The highest BCUT2D eigenvalue weighted by Gasteiger charge is 1.88. The van der Waals surface area contributed by atoms with E-state index in [1.165, 1.54) is 0 Å². The number of nitrogen functional groups attached to an aromatic ring is 1. The lowest BCUT2D eigenvalue weighted by atomic mass is 10.3. The molecular formula is C10H18N2O. The Hall–Kier alpha value is -1.22. The summed E-state index contributed by atoms with van der Waals surface area (Å²) < 4.78 is 5.21. The van der Waals surface area contributed by atoms with Gasteiger partial charge in [-0.3, -0.25) is 0 Å². The molecule has 74 valence electrons. The average Bonchev–Trinajstić information content (AvgIpc) is 2.11. The van der Waals surface area contributed by atoms with E-state index in [-0.39, 0.29) is 0 Å². The van der Waals surface area contributed by atoms with Crippen LogP contribution in [0, 0.1) is 0 Å². The van der Waals surface area contributed by atoms with Crippen molar-refractivity contribution in [3.8, 4) is 5.75 Å². The molecule has 1 rings (SSSR count). The largest absolute Gasteiger partial charge is 0.494 e. The van der Waals surface area contributed by atoms with Crippen molar-refractivity contribution in [1.82, 2.24) is 5.32 Å². The minimum Gasteiger partial charge on any atom is -0.494 e. The van der Waals surface area contributed by atoms with E-state index in [0.717, 1.165) is 11.4 Å². The van der Waals surface area contributed by atoms with Crippen molar-refractivity contribution in [3.05, 3.63) is 24.3 Å². The van der Waals surface area contributed by atoms with Gasteiger partial charge in [0, 0.05) is 5.69 Å². The quantitative estimate of drug-likeness (QED) is 0.681. The summed E-state index contributed by atoms with van der Waals surface area (Å²) in [6.07, 6.45) is 0. The average molecular weight is 182 g/mol. The van der Waals surface area contributed by atoms with Crippen LogP contribution in [-0.2, 0) is 0 Å². The van der Waals surface area contributed by atoms with Crippen molar-refractivity contribution in [3.63, 3.8) is 0 Å². The van der Waals surface area contributed by atoms with Crippen LogP contribution < -0.4 is 15.8 Å². The van der Waals surface area contributed by atoms with Gasteiger partial charge in [0.15, 0.2) is 0 Å². The number of benzene rings is 1. The standard InChI is InChI=1S/C8H11NO.C2H7N/c1-2-10-8-5-3-7(9)4-6-8;1-3-2/h3-6H,2,9H2,1H3;3H,1-2H3. The van der Waals surface area contributed by atoms with Gasteiger partial charge in [0.05, 0.1) is 6.61 Å². The maximum atomic E-state index is 5.47. The summed E-state index contributed by atoms with van der Waals surface area (Å²) in [5, 5.41) is 2.75. The molecule has 0 bridgehead atoms. The molecule has 0 aromatic heterocycles. The third kappa shape index (κ3) is 5.99. The number of nitrogens with two attached hydrogens (primary N) is 1. The predicted octanol–water partition coefficient (Wildman–Crippen LogP) is 1.50. The SMILES string of the molecule is CCOc1ccc(N)cc1.CNC. The van der Waals surface area contributed by atoms with Crippen LogP contribution in [-0.4, -0.2) is 20.7 Å². The van der Waals surface area contributed by atoms with E-state index in [1.54, 1.807) is 0 Å². The van der Waals surface area contributed by atoms with E-state index in [9.17, 15) is 0 Å². The van der Waals surface area contributed by atoms with Crippen molar-refractivity contribution < 1.29 is 4.74 Å². The van der Waals surface area contributed by atoms with E-state index in [2.05, 4.69) is 5.32 Å². The summed E-state index contributed by atoms with van der Waals surface area (Å²) >= 11 is 0. The monoisotopic (exact) mass is 182 g/mol. The second kappa shape index (κ2) is 7.43. The molecule has 3 N–H and O–H groups in total. The third-order valence-electron chi connectivity index (χ3n) is 1.19. The van der Waals surface area contributed by atoms with Gasteiger partial charge in [-0.05, 0) is 45.3 Å². The molecule has 13 heavy (non-hydrogen) atoms. The number of hydrogen-bond acceptors (Lipinski definition) is 3. The molecule has 1 aromatic carbocycles. The topological polar surface area (TPSA) is 47.3 Å². The molecule has 0 aliphatic rings. The zero-order chi connectivity index (χ0) is 10.1. The van der Waals surface area contributed by atoms with Gasteiger partial charge in [0.2, 0.25) is 0 Å². The maximum Gasteiger partial charge on any atom is 0.119 e. The molecule has 0 fully saturated rings. The summed E-state index contributed by atoms with van der Waals surface area (Å²) in [6, 6.07) is 7.37. The fraction of sp³-hybridized carbons (Fsp3) is 0.400. The second-order valence-corrected chi connectivity index (χ2v) is 2.50. The highest BCUT2D eigenvalue weighted by Crippen LogP contribution is 2.12. The predicted molar refractivity (Wildman–Crippen MR) is 57.0 cm³/mol. The number of anilines is 1. The Morgan fingerprint density at radius 3 is 2.08 bits per heavy atom. The Kier molecular flexibility index (Phi) is 6.73. The number of rotatable bonds is 2. The molecule has 3 heteroatoms. The van der Waals surface area contributed by atoms with E-state index in [4.69, 9.17) is 10.5 Å². The number of hydrogen-bond donors (Lipinski definition) is 2. The van der Waals surface area contributed by atoms with Crippen molar-refractivity contribution in [2.24, 2.45) is 0 Å². The normalized spacial score (nSPS) is 8.54. The Bertz CT molecular complexity index is 209. The van der Waals surface area contributed by atoms with Crippen LogP contribution in [0.5, 0.6) is 5.75 Å². The molecule has 0 saturated heterocycles. The fourth-order valence-electron chi connectivity index (χ4n) is 0.731. The van der Waals surface area contributed by atoms with Crippen LogP contribution in [0.15, 0.2) is 24.3 Å². The first-order chi connectivity index (χ1) is 6.24. The lowest BCUT2D eigenvalue weighted by Crippen LogP contribution is -1.91. The van der Waals surface area contributed by atoms with Gasteiger partial charge in [-0.15, -0.1) is 0 Å². The van der Waals surface area contributed by atoms with Gasteiger partial charge in [-0.1, -0.05) is 0 Å². The third-order valence-corrected chi connectivity index (χ3v) is 1.19. The maximum absolute atomic E-state index is 5.47. The smallest absolute Gasteiger partial charge is 0.119 e. The van der Waals surface area contributed by atoms with Crippen molar-refractivity contribution in [2.75, 3.05) is 26.4 Å². The van der Waals surface area contributed by atoms with Gasteiger partial charge in [-0.25, -0.2) is 0 Å². The van der Waals surface area contributed by atoms with Crippen LogP contribution in [0.4, 0.5) is 5.69 Å². The van der Waals surface area contributed by atoms with Crippen LogP contribution >= 0.6 is 0 Å². The molecule has 0 saturated carbocycles. The number of ether oxygens (including phenoxy) is 1. The minimum atomic E-state index is 0.698. The molecule has 0 heterocycles. The highest BCUT2D eigenvalue weighted by atomic mass is 16.5. The van der Waals surface area contributed by atoms with Gasteiger partial charge in [0.25, 0.3) is 0 Å². The first-order valence-corrected chi connectivity index (χ1v) is 4.31. The van der Waals surface area contributed by atoms with Gasteiger partial charge >= 0.3 is 0 Å². The van der Waals surface area contributed by atoms with Crippen LogP contribution in [0.2, 0.25) is 0 Å². The minimum absolute atomic E-state index is 0.698. The second-order valence-electron chi connectivity index (χ2n) is 2.50. The lowest BCUT2D eigenvalue weighted by molar-refractivity contribution is 0.340. The van der Waals surface area contributed by atoms with Crippen LogP contribution in [0.25, 0.3) is 0 Å². The highest BCUT2D eigenvalue weighted by molar-refractivity contribution is 5.41. The lowest BCUT2D eigenvalue weighted by Gasteiger charge is -2.01. The first kappa shape index (κ1) is 11.8. The van der Waals surface area contributed by atoms with Gasteiger partial charge < -0.3 is 15.8 Å². The van der Waals surface area contributed by atoms with Crippen molar-refractivity contribution in [2.45, 2.75) is 6.92 Å². The Balaban J connectivity index is 0.000000424. The van der Waals surface area contributed by atoms with Crippen molar-refractivity contribution in [1.29, 1.82) is 0 Å². The molecule has 0 aliphatic heterocycles. The molecule has 0 unspecified atom stereocenters. The summed E-state index contributed by atoms with van der Waals surface area (Å²) in [4.78, 5) is 0. The van der Waals surface area contributed by atoms with E-state index in [1.807, 2.05) is 45.3 Å². The van der Waals surface area contributed by atoms with E-state index < -0.39 is 0 Å². The molecule has 0 atom stereocenters. The Morgan fingerprint density at radius 2 is 1.69 bits per heavy atom. The molecule has 0 aliphatic carbocycles. The zero-order valence-corrected chi connectivity index (χ0v) is 8.50. The van der Waals surface area contributed by atoms with Gasteiger partial charge in [-0.2, -0.15) is 0 Å². The van der Waals surface area contributed by atoms with Crippen molar-refractivity contribution >= 4 is 5.69 Å². The molecule has 0 amide bonds. The molecule has 3 nitrogen and oxygen atoms in total. The van der Waals surface area contributed by atoms with E-state index >= 15 is 0 Å². The molecule has 0 spiro atoms. The summed E-state index contributed by atoms with van der Waals surface area (Å²) in [5.41, 5.74) is 6.23. The summed E-state index contributed by atoms with van der Waals surface area (Å²) in [7, 11) is 3.75. The molecule has 1 aromatic rings. The van der Waals surface area contributed by atoms with E-state index in [0.29, 0.717) is 6.61 Å². The van der Waals surface area contributed by atoms with Crippen LogP contribution in [0.3, 0.4) is 0 Å². The Morgan fingerprint density at radius 1 is 1.23 bits per heavy atom. The fourth-order valence-corrected chi connectivity index (χ4v) is 0.731. The zero-order valence-electron chi connectivity index (χ0n) is 8.50. The van der Waals surface area contributed by atoms with Crippen LogP contribution in [0.1, 0.15) is 6.92 Å². The van der Waals surface area contributed by atoms with Gasteiger partial charge in [0.1, 0.15) is 5.75 Å². The summed E-state index contributed by atoms with van der Waals surface area (Å²) in [6.45, 7) is 2.65. The first-order valence-electron chi connectivity index (χ1n) is 4.31. The summed E-state index contributed by atoms with van der Waals surface area (Å²) in [5.74, 6) is 0.872.